The number of nitrogens with one attached hydrogen (secondary N) is 1. The number of rotatable bonds is 4. The van der Waals surface area contributed by atoms with Gasteiger partial charge in [0.15, 0.2) is 0 Å². The number of hydrogen-bond acceptors (Lipinski definition) is 3. The fraction of sp³-hybridized carbons (Fsp3) is 0.417. The van der Waals surface area contributed by atoms with E-state index >= 15 is 0 Å². The molecule has 0 aliphatic heterocycles. The average Bonchev–Trinajstić information content (AvgIpc) is 3.07. The number of hydrogen-bond donors (Lipinski definition) is 3. The van der Waals surface area contributed by atoms with E-state index in [1.54, 1.807) is 0 Å². The number of nitrogen functional groups attached to an aromatic ring is 1. The SMILES string of the molecule is Nc1cc(F)ccc1C(=O)NCC1(CO)CC1. The van der Waals surface area contributed by atoms with E-state index in [-0.39, 0.29) is 29.2 Å². The van der Waals surface area contributed by atoms with Crippen LogP contribution in [0.1, 0.15) is 23.2 Å². The molecule has 92 valence electrons. The molecule has 1 fully saturated rings. The zero-order chi connectivity index (χ0) is 12.5. The van der Waals surface area contributed by atoms with Gasteiger partial charge in [-0.3, -0.25) is 4.79 Å². The van der Waals surface area contributed by atoms with Crippen LogP contribution in [0.3, 0.4) is 0 Å². The van der Waals surface area contributed by atoms with Crippen molar-refractivity contribution in [3.8, 4) is 0 Å². The predicted molar refractivity (Wildman–Crippen MR) is 61.9 cm³/mol. The van der Waals surface area contributed by atoms with E-state index in [0.29, 0.717) is 6.54 Å². The maximum atomic E-state index is 12.8. The van der Waals surface area contributed by atoms with Gasteiger partial charge < -0.3 is 16.2 Å². The molecular weight excluding hydrogens is 223 g/mol. The van der Waals surface area contributed by atoms with Gasteiger partial charge in [0.05, 0.1) is 12.2 Å². The molecule has 0 spiro atoms. The van der Waals surface area contributed by atoms with Crippen molar-refractivity contribution in [2.45, 2.75) is 12.8 Å². The lowest BCUT2D eigenvalue weighted by Gasteiger charge is -2.13. The molecule has 0 heterocycles. The number of anilines is 1. The highest BCUT2D eigenvalue weighted by Crippen LogP contribution is 2.44. The van der Waals surface area contributed by atoms with E-state index < -0.39 is 5.82 Å². The zero-order valence-electron chi connectivity index (χ0n) is 9.37. The second-order valence-corrected chi connectivity index (χ2v) is 4.57. The van der Waals surface area contributed by atoms with Crippen LogP contribution in [-0.4, -0.2) is 24.2 Å². The van der Waals surface area contributed by atoms with Crippen molar-refractivity contribution in [2.75, 3.05) is 18.9 Å². The summed E-state index contributed by atoms with van der Waals surface area (Å²) in [5, 5.41) is 11.8. The Morgan fingerprint density at radius 2 is 2.24 bits per heavy atom. The molecule has 1 saturated carbocycles. The molecule has 0 aromatic heterocycles. The average molecular weight is 238 g/mol. The molecule has 1 aromatic rings. The Labute approximate surface area is 98.6 Å². The second-order valence-electron chi connectivity index (χ2n) is 4.57. The Bertz CT molecular complexity index is 444. The molecule has 0 radical (unpaired) electrons. The summed E-state index contributed by atoms with van der Waals surface area (Å²) in [6, 6.07) is 3.68. The summed E-state index contributed by atoms with van der Waals surface area (Å²) in [6.07, 6.45) is 1.84. The highest BCUT2D eigenvalue weighted by Gasteiger charge is 2.42. The van der Waals surface area contributed by atoms with Crippen molar-refractivity contribution in [3.63, 3.8) is 0 Å². The molecule has 2 rings (SSSR count). The highest BCUT2D eigenvalue weighted by atomic mass is 19.1. The number of halogens is 1. The topological polar surface area (TPSA) is 75.4 Å². The molecule has 4 nitrogen and oxygen atoms in total. The first-order valence-corrected chi connectivity index (χ1v) is 5.50. The molecule has 1 aromatic carbocycles. The third kappa shape index (κ3) is 2.55. The first-order valence-electron chi connectivity index (χ1n) is 5.50. The molecule has 1 aliphatic rings. The lowest BCUT2D eigenvalue weighted by atomic mass is 10.1. The Hall–Kier alpha value is -1.62. The molecule has 1 aliphatic carbocycles. The summed E-state index contributed by atoms with van der Waals surface area (Å²) in [5.41, 5.74) is 5.80. The van der Waals surface area contributed by atoms with Gasteiger partial charge in [-0.15, -0.1) is 0 Å². The first-order chi connectivity index (χ1) is 8.06. The maximum absolute atomic E-state index is 12.8. The van der Waals surface area contributed by atoms with Gasteiger partial charge in [0, 0.05) is 17.6 Å². The normalized spacial score (nSPS) is 16.6. The van der Waals surface area contributed by atoms with Crippen molar-refractivity contribution < 1.29 is 14.3 Å². The van der Waals surface area contributed by atoms with E-state index in [4.69, 9.17) is 10.8 Å². The fourth-order valence-corrected chi connectivity index (χ4v) is 1.67. The van der Waals surface area contributed by atoms with Crippen LogP contribution < -0.4 is 11.1 Å². The Morgan fingerprint density at radius 3 is 2.76 bits per heavy atom. The minimum atomic E-state index is -0.465. The van der Waals surface area contributed by atoms with Gasteiger partial charge in [-0.25, -0.2) is 4.39 Å². The van der Waals surface area contributed by atoms with E-state index in [9.17, 15) is 9.18 Å². The molecule has 0 atom stereocenters. The third-order valence-electron chi connectivity index (χ3n) is 3.17. The Morgan fingerprint density at radius 1 is 1.53 bits per heavy atom. The molecule has 1 amide bonds. The predicted octanol–water partition coefficient (Wildman–Crippen LogP) is 0.910. The minimum Gasteiger partial charge on any atom is -0.398 e. The highest BCUT2D eigenvalue weighted by molar-refractivity contribution is 5.99. The van der Waals surface area contributed by atoms with E-state index in [0.717, 1.165) is 18.9 Å². The fourth-order valence-electron chi connectivity index (χ4n) is 1.67. The lowest BCUT2D eigenvalue weighted by molar-refractivity contribution is 0.0936. The van der Waals surface area contributed by atoms with Crippen molar-refractivity contribution in [3.05, 3.63) is 29.6 Å². The third-order valence-corrected chi connectivity index (χ3v) is 3.17. The van der Waals surface area contributed by atoms with E-state index in [2.05, 4.69) is 5.32 Å². The number of amides is 1. The Kier molecular flexibility index (Phi) is 3.02. The standard InChI is InChI=1S/C12H15FN2O2/c13-8-1-2-9(10(14)5-8)11(17)15-6-12(7-16)3-4-12/h1-2,5,16H,3-4,6-7,14H2,(H,15,17). The summed E-state index contributed by atoms with van der Waals surface area (Å²) in [4.78, 5) is 11.8. The summed E-state index contributed by atoms with van der Waals surface area (Å²) in [6.45, 7) is 0.505. The lowest BCUT2D eigenvalue weighted by Crippen LogP contribution is -2.32. The van der Waals surface area contributed by atoms with Gasteiger partial charge in [-0.1, -0.05) is 0 Å². The van der Waals surface area contributed by atoms with Crippen LogP contribution >= 0.6 is 0 Å². The number of nitrogens with two attached hydrogens (primary N) is 1. The largest absolute Gasteiger partial charge is 0.398 e. The van der Waals surface area contributed by atoms with Gasteiger partial charge in [-0.05, 0) is 31.0 Å². The van der Waals surface area contributed by atoms with Crippen LogP contribution in [0.15, 0.2) is 18.2 Å². The smallest absolute Gasteiger partial charge is 0.253 e. The van der Waals surface area contributed by atoms with Crippen molar-refractivity contribution in [1.82, 2.24) is 5.32 Å². The zero-order valence-corrected chi connectivity index (χ0v) is 9.37. The number of carbonyl (C=O) groups excluding carboxylic acids is 1. The van der Waals surface area contributed by atoms with Crippen LogP contribution in [-0.2, 0) is 0 Å². The van der Waals surface area contributed by atoms with Crippen LogP contribution in [0, 0.1) is 11.2 Å². The maximum Gasteiger partial charge on any atom is 0.253 e. The van der Waals surface area contributed by atoms with Crippen LogP contribution in [0.4, 0.5) is 10.1 Å². The quantitative estimate of drug-likeness (QED) is 0.682. The Balaban J connectivity index is 2.00. The monoisotopic (exact) mass is 238 g/mol. The molecular formula is C12H15FN2O2. The van der Waals surface area contributed by atoms with Gasteiger partial charge in [-0.2, -0.15) is 0 Å². The molecule has 4 N–H and O–H groups in total. The van der Waals surface area contributed by atoms with Crippen LogP contribution in [0.25, 0.3) is 0 Å². The number of benzene rings is 1. The second kappa shape index (κ2) is 4.33. The van der Waals surface area contributed by atoms with E-state index in [1.165, 1.54) is 12.1 Å². The summed E-state index contributed by atoms with van der Waals surface area (Å²) >= 11 is 0. The van der Waals surface area contributed by atoms with E-state index in [1.807, 2.05) is 0 Å². The van der Waals surface area contributed by atoms with Crippen molar-refractivity contribution in [2.24, 2.45) is 5.41 Å². The van der Waals surface area contributed by atoms with Crippen molar-refractivity contribution >= 4 is 11.6 Å². The van der Waals surface area contributed by atoms with Gasteiger partial charge >= 0.3 is 0 Å². The number of aliphatic hydroxyl groups is 1. The number of carbonyl (C=O) groups is 1. The molecule has 17 heavy (non-hydrogen) atoms. The molecule has 0 unspecified atom stereocenters. The minimum absolute atomic E-state index is 0.0756. The summed E-state index contributed by atoms with van der Waals surface area (Å²) in [5.74, 6) is -0.796. The molecule has 0 saturated heterocycles. The summed E-state index contributed by atoms with van der Waals surface area (Å²) in [7, 11) is 0. The first kappa shape index (κ1) is 11.9. The number of aliphatic hydroxyl groups excluding tert-OH is 1. The summed E-state index contributed by atoms with van der Waals surface area (Å²) < 4.78 is 12.8. The van der Waals surface area contributed by atoms with Gasteiger partial charge in [0.1, 0.15) is 5.82 Å². The van der Waals surface area contributed by atoms with Gasteiger partial charge in [0.25, 0.3) is 5.91 Å². The molecule has 0 bridgehead atoms. The van der Waals surface area contributed by atoms with Crippen LogP contribution in [0.2, 0.25) is 0 Å². The van der Waals surface area contributed by atoms with Crippen LogP contribution in [0.5, 0.6) is 0 Å². The van der Waals surface area contributed by atoms with Crippen molar-refractivity contribution in [1.29, 1.82) is 0 Å². The molecule has 5 heteroatoms. The van der Waals surface area contributed by atoms with Gasteiger partial charge in [0.2, 0.25) is 0 Å².